The molecule has 1 aromatic carbocycles. The highest BCUT2D eigenvalue weighted by Crippen LogP contribution is 2.47. The molecule has 28 heavy (non-hydrogen) atoms. The number of rotatable bonds is 5. The van der Waals surface area contributed by atoms with Crippen LogP contribution in [0.15, 0.2) is 24.3 Å². The quantitative estimate of drug-likeness (QED) is 0.845. The van der Waals surface area contributed by atoms with Gasteiger partial charge in [-0.05, 0) is 55.3 Å². The average molecular weight is 385 g/mol. The van der Waals surface area contributed by atoms with E-state index in [1.54, 1.807) is 0 Å². The number of carbonyl (C=O) groups is 1. The first-order chi connectivity index (χ1) is 13.7. The van der Waals surface area contributed by atoms with Crippen LogP contribution >= 0.6 is 0 Å². The van der Waals surface area contributed by atoms with Crippen molar-refractivity contribution in [1.82, 2.24) is 9.80 Å². The minimum atomic E-state index is 0.117. The highest BCUT2D eigenvalue weighted by Gasteiger charge is 2.45. The molecule has 0 aromatic heterocycles. The monoisotopic (exact) mass is 384 g/mol. The number of urea groups is 1. The van der Waals surface area contributed by atoms with Gasteiger partial charge in [-0.3, -0.25) is 9.80 Å². The van der Waals surface area contributed by atoms with Gasteiger partial charge in [0.15, 0.2) is 0 Å². The molecule has 0 spiro atoms. The van der Waals surface area contributed by atoms with Crippen molar-refractivity contribution < 1.29 is 9.53 Å². The number of anilines is 1. The molecular formula is C22H32N4O2. The van der Waals surface area contributed by atoms with Crippen molar-refractivity contribution in [2.24, 2.45) is 5.73 Å². The Morgan fingerprint density at radius 2 is 1.86 bits per heavy atom. The predicted molar refractivity (Wildman–Crippen MR) is 110 cm³/mol. The maximum atomic E-state index is 12.7. The van der Waals surface area contributed by atoms with Gasteiger partial charge in [0, 0.05) is 37.9 Å². The Balaban J connectivity index is 1.27. The van der Waals surface area contributed by atoms with E-state index in [1.807, 2.05) is 9.80 Å². The fraction of sp³-hybridized carbons (Fsp3) is 0.682. The molecule has 2 atom stereocenters. The van der Waals surface area contributed by atoms with Gasteiger partial charge in [0.05, 0.1) is 19.3 Å². The molecule has 6 nitrogen and oxygen atoms in total. The van der Waals surface area contributed by atoms with Crippen molar-refractivity contribution in [2.75, 3.05) is 50.8 Å². The van der Waals surface area contributed by atoms with Gasteiger partial charge in [0.25, 0.3) is 0 Å². The number of nitrogens with two attached hydrogens (primary N) is 1. The van der Waals surface area contributed by atoms with E-state index in [1.165, 1.54) is 31.2 Å². The van der Waals surface area contributed by atoms with E-state index in [4.69, 9.17) is 10.5 Å². The van der Waals surface area contributed by atoms with Gasteiger partial charge < -0.3 is 15.4 Å². The number of morpholine rings is 1. The van der Waals surface area contributed by atoms with Crippen molar-refractivity contribution in [3.05, 3.63) is 29.8 Å². The van der Waals surface area contributed by atoms with E-state index >= 15 is 0 Å². The molecule has 4 fully saturated rings. The Bertz CT molecular complexity index is 712. The van der Waals surface area contributed by atoms with E-state index in [-0.39, 0.29) is 18.1 Å². The number of carbonyl (C=O) groups excluding carboxylic acids is 1. The van der Waals surface area contributed by atoms with Crippen LogP contribution in [0.5, 0.6) is 0 Å². The first-order valence-corrected chi connectivity index (χ1v) is 10.9. The molecule has 0 bridgehead atoms. The summed E-state index contributed by atoms with van der Waals surface area (Å²) in [5, 5.41) is 0. The first kappa shape index (κ1) is 18.4. The summed E-state index contributed by atoms with van der Waals surface area (Å²) in [5.74, 6) is 0. The highest BCUT2D eigenvalue weighted by molar-refractivity contribution is 5.95. The summed E-state index contributed by atoms with van der Waals surface area (Å²) >= 11 is 0. The van der Waals surface area contributed by atoms with Crippen LogP contribution in [0.4, 0.5) is 10.5 Å². The van der Waals surface area contributed by atoms with Crippen LogP contribution in [0.3, 0.4) is 0 Å². The smallest absolute Gasteiger partial charge is 0.324 e. The summed E-state index contributed by atoms with van der Waals surface area (Å²) in [6, 6.07) is 9.25. The zero-order chi connectivity index (χ0) is 19.1. The molecule has 3 saturated heterocycles. The molecule has 2 N–H and O–H groups in total. The molecule has 4 aliphatic rings. The average Bonchev–Trinajstić information content (AvgIpc) is 3.22. The fourth-order valence-corrected chi connectivity index (χ4v) is 5.46. The lowest BCUT2D eigenvalue weighted by molar-refractivity contribution is 0.0311. The van der Waals surface area contributed by atoms with Gasteiger partial charge in [-0.25, -0.2) is 4.79 Å². The molecule has 0 unspecified atom stereocenters. The van der Waals surface area contributed by atoms with Crippen LogP contribution in [0.2, 0.25) is 0 Å². The number of hydrogen-bond donors (Lipinski definition) is 1. The zero-order valence-electron chi connectivity index (χ0n) is 16.7. The Morgan fingerprint density at radius 1 is 1.11 bits per heavy atom. The SMILES string of the molecule is N[C@@H]1CCN2C(=O)N(c3ccc(C4(CCN5CCOCC5)CCC4)cc3)C[C@H]12. The highest BCUT2D eigenvalue weighted by atomic mass is 16.5. The molecule has 152 valence electrons. The third-order valence-electron chi connectivity index (χ3n) is 7.56. The van der Waals surface area contributed by atoms with Gasteiger partial charge >= 0.3 is 6.03 Å². The van der Waals surface area contributed by atoms with Gasteiger partial charge in [-0.2, -0.15) is 0 Å². The van der Waals surface area contributed by atoms with E-state index in [0.717, 1.165) is 58.0 Å². The van der Waals surface area contributed by atoms with Crippen molar-refractivity contribution >= 4 is 11.7 Å². The summed E-state index contributed by atoms with van der Waals surface area (Å²) in [6.45, 7) is 6.54. The van der Waals surface area contributed by atoms with E-state index in [9.17, 15) is 4.79 Å². The standard InChI is InChI=1S/C22H32N4O2/c23-19-6-10-25-20(19)16-26(21(25)27)18-4-2-17(3-5-18)22(7-1-8-22)9-11-24-12-14-28-15-13-24/h2-5,19-20H,1,6-16,23H2/t19-,20-/m1/s1. The third kappa shape index (κ3) is 3.11. The lowest BCUT2D eigenvalue weighted by atomic mass is 9.62. The second kappa shape index (κ2) is 7.32. The summed E-state index contributed by atoms with van der Waals surface area (Å²) in [7, 11) is 0. The molecule has 1 saturated carbocycles. The lowest BCUT2D eigenvalue weighted by Gasteiger charge is -2.44. The normalized spacial score (nSPS) is 29.8. The molecule has 0 radical (unpaired) electrons. The van der Waals surface area contributed by atoms with Gasteiger partial charge in [-0.15, -0.1) is 0 Å². The maximum absolute atomic E-state index is 12.7. The van der Waals surface area contributed by atoms with Gasteiger partial charge in [-0.1, -0.05) is 18.6 Å². The second-order valence-electron chi connectivity index (χ2n) is 8.99. The topological polar surface area (TPSA) is 62.0 Å². The second-order valence-corrected chi connectivity index (χ2v) is 8.99. The van der Waals surface area contributed by atoms with Crippen LogP contribution in [0.25, 0.3) is 0 Å². The van der Waals surface area contributed by atoms with Crippen LogP contribution < -0.4 is 10.6 Å². The summed E-state index contributed by atoms with van der Waals surface area (Å²) < 4.78 is 5.48. The number of amides is 2. The molecule has 6 heteroatoms. The van der Waals surface area contributed by atoms with E-state index in [0.29, 0.717) is 5.41 Å². The van der Waals surface area contributed by atoms with Crippen molar-refractivity contribution in [1.29, 1.82) is 0 Å². The Morgan fingerprint density at radius 3 is 2.50 bits per heavy atom. The summed E-state index contributed by atoms with van der Waals surface area (Å²) in [6.07, 6.45) is 6.03. The minimum absolute atomic E-state index is 0.117. The molecule has 5 rings (SSSR count). The number of fused-ring (bicyclic) bond motifs is 1. The molecule has 1 aliphatic carbocycles. The number of nitrogens with zero attached hydrogens (tertiary/aromatic N) is 3. The maximum Gasteiger partial charge on any atom is 0.324 e. The zero-order valence-corrected chi connectivity index (χ0v) is 16.7. The van der Waals surface area contributed by atoms with Crippen LogP contribution in [0, 0.1) is 0 Å². The molecule has 1 aromatic rings. The lowest BCUT2D eigenvalue weighted by Crippen LogP contribution is -2.42. The minimum Gasteiger partial charge on any atom is -0.379 e. The largest absolute Gasteiger partial charge is 0.379 e. The Labute approximate surface area is 167 Å². The predicted octanol–water partition coefficient (Wildman–Crippen LogP) is 2.17. The Kier molecular flexibility index (Phi) is 4.81. The molecule has 3 heterocycles. The third-order valence-corrected chi connectivity index (χ3v) is 7.56. The summed E-state index contributed by atoms with van der Waals surface area (Å²) in [4.78, 5) is 19.1. The van der Waals surface area contributed by atoms with Crippen LogP contribution in [-0.2, 0) is 10.2 Å². The first-order valence-electron chi connectivity index (χ1n) is 10.9. The molecule has 3 aliphatic heterocycles. The summed E-state index contributed by atoms with van der Waals surface area (Å²) in [5.41, 5.74) is 8.98. The number of benzene rings is 1. The van der Waals surface area contributed by atoms with Crippen LogP contribution in [-0.4, -0.2) is 73.9 Å². The van der Waals surface area contributed by atoms with Crippen LogP contribution in [0.1, 0.15) is 37.7 Å². The van der Waals surface area contributed by atoms with E-state index in [2.05, 4.69) is 29.2 Å². The van der Waals surface area contributed by atoms with Gasteiger partial charge in [0.1, 0.15) is 0 Å². The number of hydrogen-bond acceptors (Lipinski definition) is 4. The fourth-order valence-electron chi connectivity index (χ4n) is 5.46. The van der Waals surface area contributed by atoms with Crippen molar-refractivity contribution in [3.63, 3.8) is 0 Å². The number of ether oxygens (including phenoxy) is 1. The molecule has 2 amide bonds. The van der Waals surface area contributed by atoms with Crippen molar-refractivity contribution in [3.8, 4) is 0 Å². The molecular weight excluding hydrogens is 352 g/mol. The van der Waals surface area contributed by atoms with E-state index < -0.39 is 0 Å². The van der Waals surface area contributed by atoms with Crippen molar-refractivity contribution in [2.45, 2.75) is 49.6 Å². The Hall–Kier alpha value is -1.63. The van der Waals surface area contributed by atoms with Gasteiger partial charge in [0.2, 0.25) is 0 Å².